The zero-order valence-electron chi connectivity index (χ0n) is 12.6. The molecular formula is C17H25NO2. The van der Waals surface area contributed by atoms with Crippen molar-refractivity contribution in [1.29, 1.82) is 0 Å². The van der Waals surface area contributed by atoms with Crippen LogP contribution in [0.2, 0.25) is 0 Å². The molecule has 2 rings (SSSR count). The lowest BCUT2D eigenvalue weighted by Crippen LogP contribution is -2.10. The predicted molar refractivity (Wildman–Crippen MR) is 80.8 cm³/mol. The number of esters is 1. The topological polar surface area (TPSA) is 29.3 Å². The zero-order chi connectivity index (χ0) is 14.4. The third kappa shape index (κ3) is 4.64. The van der Waals surface area contributed by atoms with E-state index in [1.54, 1.807) is 12.1 Å². The van der Waals surface area contributed by atoms with Crippen LogP contribution in [0.15, 0.2) is 30.3 Å². The molecule has 1 aliphatic heterocycles. The highest BCUT2D eigenvalue weighted by atomic mass is 16.5. The summed E-state index contributed by atoms with van der Waals surface area (Å²) >= 11 is 0. The van der Waals surface area contributed by atoms with Crippen LogP contribution in [-0.4, -0.2) is 36.1 Å². The van der Waals surface area contributed by atoms with E-state index in [9.17, 15) is 4.79 Å². The second kappa shape index (κ2) is 6.89. The molecule has 0 amide bonds. The van der Waals surface area contributed by atoms with E-state index in [1.165, 1.54) is 25.9 Å². The molecule has 0 N–H and O–H groups in total. The van der Waals surface area contributed by atoms with Crippen molar-refractivity contribution in [1.82, 2.24) is 4.90 Å². The number of hydrogen-bond acceptors (Lipinski definition) is 3. The Morgan fingerprint density at radius 2 is 1.80 bits per heavy atom. The van der Waals surface area contributed by atoms with Crippen LogP contribution in [0.5, 0.6) is 0 Å². The van der Waals surface area contributed by atoms with Crippen LogP contribution >= 0.6 is 0 Å². The predicted octanol–water partition coefficient (Wildman–Crippen LogP) is 3.50. The fraction of sp³-hybridized carbons (Fsp3) is 0.588. The van der Waals surface area contributed by atoms with E-state index in [4.69, 9.17) is 4.74 Å². The lowest BCUT2D eigenvalue weighted by Gasteiger charge is -2.07. The van der Waals surface area contributed by atoms with Crippen molar-refractivity contribution in [3.8, 4) is 0 Å². The van der Waals surface area contributed by atoms with Crippen LogP contribution in [0.4, 0.5) is 0 Å². The second-order valence-electron chi connectivity index (χ2n) is 6.15. The highest BCUT2D eigenvalue weighted by molar-refractivity contribution is 5.89. The standard InChI is InChI=1S/C17H25NO2/c1-17(2)14-18(17)12-8-3-4-9-13-20-16(19)15-10-6-5-7-11-15/h5-7,10-11H,3-4,8-9,12-14H2,1-2H3. The van der Waals surface area contributed by atoms with E-state index in [0.717, 1.165) is 12.8 Å². The van der Waals surface area contributed by atoms with E-state index in [0.29, 0.717) is 17.7 Å². The molecular weight excluding hydrogens is 250 g/mol. The van der Waals surface area contributed by atoms with Crippen LogP contribution < -0.4 is 0 Å². The van der Waals surface area contributed by atoms with E-state index in [2.05, 4.69) is 18.7 Å². The van der Waals surface area contributed by atoms with E-state index >= 15 is 0 Å². The molecule has 0 bridgehead atoms. The van der Waals surface area contributed by atoms with Gasteiger partial charge in [0.15, 0.2) is 0 Å². The van der Waals surface area contributed by atoms with E-state index in [1.807, 2.05) is 18.2 Å². The quantitative estimate of drug-likeness (QED) is 0.413. The molecule has 1 atom stereocenters. The summed E-state index contributed by atoms with van der Waals surface area (Å²) in [6, 6.07) is 9.17. The Hall–Kier alpha value is -1.35. The summed E-state index contributed by atoms with van der Waals surface area (Å²) in [6.45, 7) is 7.55. The first-order chi connectivity index (χ1) is 9.59. The normalized spacial score (nSPS) is 19.6. The summed E-state index contributed by atoms with van der Waals surface area (Å²) < 4.78 is 5.25. The van der Waals surface area contributed by atoms with Gasteiger partial charge < -0.3 is 4.74 Å². The highest BCUT2D eigenvalue weighted by Crippen LogP contribution is 2.30. The van der Waals surface area contributed by atoms with Gasteiger partial charge in [-0.05, 0) is 45.4 Å². The molecule has 1 aromatic rings. The van der Waals surface area contributed by atoms with Gasteiger partial charge in [0.2, 0.25) is 0 Å². The molecule has 1 fully saturated rings. The molecule has 1 unspecified atom stereocenters. The van der Waals surface area contributed by atoms with Crippen molar-refractivity contribution in [2.24, 2.45) is 0 Å². The third-order valence-corrected chi connectivity index (χ3v) is 3.90. The summed E-state index contributed by atoms with van der Waals surface area (Å²) in [5.41, 5.74) is 1.09. The average molecular weight is 275 g/mol. The Kier molecular flexibility index (Phi) is 5.18. The minimum atomic E-state index is -0.212. The van der Waals surface area contributed by atoms with Crippen LogP contribution in [0, 0.1) is 0 Å². The minimum Gasteiger partial charge on any atom is -0.462 e. The number of rotatable bonds is 8. The van der Waals surface area contributed by atoms with Crippen LogP contribution in [0.1, 0.15) is 49.9 Å². The van der Waals surface area contributed by atoms with Gasteiger partial charge >= 0.3 is 5.97 Å². The molecule has 1 heterocycles. The molecule has 0 spiro atoms. The number of carbonyl (C=O) groups is 1. The van der Waals surface area contributed by atoms with Gasteiger partial charge in [0.1, 0.15) is 0 Å². The highest BCUT2D eigenvalue weighted by Gasteiger charge is 2.41. The molecule has 1 saturated heterocycles. The van der Waals surface area contributed by atoms with E-state index in [-0.39, 0.29) is 5.97 Å². The Labute approximate surface area is 121 Å². The Bertz CT molecular complexity index is 428. The van der Waals surface area contributed by atoms with Gasteiger partial charge in [-0.2, -0.15) is 0 Å². The molecule has 0 aliphatic carbocycles. The van der Waals surface area contributed by atoms with Crippen LogP contribution in [0.3, 0.4) is 0 Å². The number of ether oxygens (including phenoxy) is 1. The van der Waals surface area contributed by atoms with Crippen molar-refractivity contribution in [2.45, 2.75) is 45.1 Å². The average Bonchev–Trinajstić information content (AvgIpc) is 3.06. The van der Waals surface area contributed by atoms with Gasteiger partial charge in [-0.1, -0.05) is 31.0 Å². The number of unbranched alkanes of at least 4 members (excludes halogenated alkanes) is 3. The lowest BCUT2D eigenvalue weighted by atomic mass is 10.2. The molecule has 0 aromatic heterocycles. The second-order valence-corrected chi connectivity index (χ2v) is 6.15. The first kappa shape index (κ1) is 15.0. The Morgan fingerprint density at radius 3 is 2.45 bits per heavy atom. The van der Waals surface area contributed by atoms with Gasteiger partial charge in [0.25, 0.3) is 0 Å². The molecule has 1 aliphatic rings. The number of benzene rings is 1. The number of hydrogen-bond donors (Lipinski definition) is 0. The summed E-state index contributed by atoms with van der Waals surface area (Å²) in [5.74, 6) is -0.212. The minimum absolute atomic E-state index is 0.212. The van der Waals surface area contributed by atoms with Crippen molar-refractivity contribution in [3.63, 3.8) is 0 Å². The summed E-state index contributed by atoms with van der Waals surface area (Å²) in [6.07, 6.45) is 4.56. The largest absolute Gasteiger partial charge is 0.462 e. The molecule has 110 valence electrons. The molecule has 20 heavy (non-hydrogen) atoms. The van der Waals surface area contributed by atoms with Crippen molar-refractivity contribution in [2.75, 3.05) is 19.7 Å². The number of nitrogens with zero attached hydrogens (tertiary/aromatic N) is 1. The summed E-state index contributed by atoms with van der Waals surface area (Å²) in [5, 5.41) is 0. The SMILES string of the molecule is CC1(C)CN1CCCCCCOC(=O)c1ccccc1. The molecule has 0 saturated carbocycles. The fourth-order valence-electron chi connectivity index (χ4n) is 2.39. The Balaban J connectivity index is 1.47. The van der Waals surface area contributed by atoms with Gasteiger partial charge in [-0.15, -0.1) is 0 Å². The third-order valence-electron chi connectivity index (χ3n) is 3.90. The maximum absolute atomic E-state index is 11.7. The van der Waals surface area contributed by atoms with Gasteiger partial charge in [0.05, 0.1) is 12.2 Å². The first-order valence-corrected chi connectivity index (χ1v) is 7.57. The van der Waals surface area contributed by atoms with Gasteiger partial charge in [-0.3, -0.25) is 4.90 Å². The van der Waals surface area contributed by atoms with Crippen LogP contribution in [-0.2, 0) is 4.74 Å². The summed E-state index contributed by atoms with van der Waals surface area (Å²) in [7, 11) is 0. The molecule has 0 radical (unpaired) electrons. The maximum Gasteiger partial charge on any atom is 0.338 e. The number of carbonyl (C=O) groups excluding carboxylic acids is 1. The van der Waals surface area contributed by atoms with Crippen molar-refractivity contribution in [3.05, 3.63) is 35.9 Å². The van der Waals surface area contributed by atoms with Crippen LogP contribution in [0.25, 0.3) is 0 Å². The molecule has 3 nitrogen and oxygen atoms in total. The molecule has 3 heteroatoms. The lowest BCUT2D eigenvalue weighted by molar-refractivity contribution is 0.0497. The maximum atomic E-state index is 11.7. The van der Waals surface area contributed by atoms with Gasteiger partial charge in [-0.25, -0.2) is 4.79 Å². The monoisotopic (exact) mass is 275 g/mol. The first-order valence-electron chi connectivity index (χ1n) is 7.57. The zero-order valence-corrected chi connectivity index (χ0v) is 12.6. The Morgan fingerprint density at radius 1 is 1.15 bits per heavy atom. The smallest absolute Gasteiger partial charge is 0.338 e. The van der Waals surface area contributed by atoms with E-state index < -0.39 is 0 Å². The van der Waals surface area contributed by atoms with Crippen molar-refractivity contribution >= 4 is 5.97 Å². The molecule has 1 aromatic carbocycles. The fourth-order valence-corrected chi connectivity index (χ4v) is 2.39. The summed E-state index contributed by atoms with van der Waals surface area (Å²) in [4.78, 5) is 14.2. The van der Waals surface area contributed by atoms with Gasteiger partial charge in [0, 0.05) is 12.1 Å². The van der Waals surface area contributed by atoms with Crippen molar-refractivity contribution < 1.29 is 9.53 Å².